The number of alkyl carbamates (subject to hydrolysis) is 1. The molecule has 2 N–H and O–H groups in total. The van der Waals surface area contributed by atoms with E-state index in [1.165, 1.54) is 0 Å². The Morgan fingerprint density at radius 1 is 1.03 bits per heavy atom. The minimum atomic E-state index is -1.05. The Labute approximate surface area is 228 Å². The normalized spacial score (nSPS) is 22.2. The first-order valence-corrected chi connectivity index (χ1v) is 13.2. The molecule has 2 saturated heterocycles. The van der Waals surface area contributed by atoms with Crippen LogP contribution in [0.25, 0.3) is 0 Å². The molecule has 3 amide bonds. The standard InChI is InChI=1S/C29H36N4O6/c1-29(2,3)39-28(36)31-23-16-25(32-38-18-21-12-8-5-9-13-21)37-19-22-14-15-24(33(22)27(23)35)26(34)30-17-20-10-6-4-7-11-20/h4-13,22-24H,14-19H2,1-3H3,(H,30,34)(H,31,36)/t22-,23+,24+/m1/s1. The highest BCUT2D eigenvalue weighted by Gasteiger charge is 2.45. The van der Waals surface area contributed by atoms with E-state index in [9.17, 15) is 14.4 Å². The molecule has 0 bridgehead atoms. The average molecular weight is 537 g/mol. The van der Waals surface area contributed by atoms with E-state index in [4.69, 9.17) is 14.3 Å². The molecule has 0 aromatic heterocycles. The summed E-state index contributed by atoms with van der Waals surface area (Å²) in [5, 5.41) is 9.73. The van der Waals surface area contributed by atoms with Gasteiger partial charge in [0.05, 0.1) is 12.5 Å². The summed E-state index contributed by atoms with van der Waals surface area (Å²) in [6.45, 7) is 5.97. The lowest BCUT2D eigenvalue weighted by molar-refractivity contribution is -0.143. The van der Waals surface area contributed by atoms with Crippen molar-refractivity contribution in [2.75, 3.05) is 6.61 Å². The lowest BCUT2D eigenvalue weighted by Crippen LogP contribution is -2.58. The second-order valence-corrected chi connectivity index (χ2v) is 10.7. The van der Waals surface area contributed by atoms with Crippen molar-refractivity contribution in [1.82, 2.24) is 15.5 Å². The Morgan fingerprint density at radius 2 is 1.69 bits per heavy atom. The van der Waals surface area contributed by atoms with Crippen molar-refractivity contribution in [2.45, 2.75) is 76.9 Å². The van der Waals surface area contributed by atoms with Crippen LogP contribution in [0.15, 0.2) is 65.8 Å². The molecule has 0 radical (unpaired) electrons. The molecule has 2 fully saturated rings. The number of oxime groups is 1. The van der Waals surface area contributed by atoms with Gasteiger partial charge in [-0.15, -0.1) is 0 Å². The number of hydrogen-bond donors (Lipinski definition) is 2. The number of rotatable bonds is 7. The smallest absolute Gasteiger partial charge is 0.408 e. The number of nitrogens with zero attached hydrogens (tertiary/aromatic N) is 2. The molecular weight excluding hydrogens is 500 g/mol. The number of hydrogen-bond acceptors (Lipinski definition) is 7. The second kappa shape index (κ2) is 12.6. The van der Waals surface area contributed by atoms with Gasteiger partial charge < -0.3 is 29.8 Å². The number of amides is 3. The van der Waals surface area contributed by atoms with Gasteiger partial charge in [0, 0.05) is 6.54 Å². The number of benzene rings is 2. The zero-order valence-electron chi connectivity index (χ0n) is 22.6. The summed E-state index contributed by atoms with van der Waals surface area (Å²) in [6.07, 6.45) is 0.268. The Kier molecular flexibility index (Phi) is 9.06. The minimum Gasteiger partial charge on any atom is -0.476 e. The number of fused-ring (bicyclic) bond motifs is 1. The van der Waals surface area contributed by atoms with Crippen molar-refractivity contribution in [3.63, 3.8) is 0 Å². The summed E-state index contributed by atoms with van der Waals surface area (Å²) in [4.78, 5) is 46.7. The Hall–Kier alpha value is -4.08. The van der Waals surface area contributed by atoms with Gasteiger partial charge in [-0.3, -0.25) is 9.59 Å². The van der Waals surface area contributed by atoms with Crippen molar-refractivity contribution in [3.05, 3.63) is 71.8 Å². The Bertz CT molecular complexity index is 1170. The van der Waals surface area contributed by atoms with E-state index in [1.807, 2.05) is 60.7 Å². The number of nitrogens with one attached hydrogen (secondary N) is 2. The van der Waals surface area contributed by atoms with Crippen molar-refractivity contribution in [2.24, 2.45) is 5.16 Å². The summed E-state index contributed by atoms with van der Waals surface area (Å²) in [5.41, 5.74) is 1.14. The van der Waals surface area contributed by atoms with Crippen LogP contribution in [0.4, 0.5) is 4.79 Å². The maximum atomic E-state index is 13.8. The van der Waals surface area contributed by atoms with E-state index < -0.39 is 23.8 Å². The molecule has 3 atom stereocenters. The third kappa shape index (κ3) is 7.95. The van der Waals surface area contributed by atoms with Gasteiger partial charge in [0.1, 0.15) is 30.9 Å². The van der Waals surface area contributed by atoms with E-state index in [0.717, 1.165) is 11.1 Å². The van der Waals surface area contributed by atoms with Crippen LogP contribution in [0.3, 0.4) is 0 Å². The summed E-state index contributed by atoms with van der Waals surface area (Å²) in [5.74, 6) is -0.439. The Balaban J connectivity index is 1.49. The topological polar surface area (TPSA) is 119 Å². The summed E-state index contributed by atoms with van der Waals surface area (Å²) in [7, 11) is 0. The fourth-order valence-electron chi connectivity index (χ4n) is 4.61. The summed E-state index contributed by atoms with van der Waals surface area (Å²) < 4.78 is 11.4. The fourth-order valence-corrected chi connectivity index (χ4v) is 4.61. The highest BCUT2D eigenvalue weighted by atomic mass is 16.6. The first kappa shape index (κ1) is 27.9. The van der Waals surface area contributed by atoms with Gasteiger partial charge in [-0.25, -0.2) is 4.79 Å². The van der Waals surface area contributed by atoms with Crippen LogP contribution in [-0.4, -0.2) is 59.0 Å². The largest absolute Gasteiger partial charge is 0.476 e. The first-order valence-electron chi connectivity index (χ1n) is 13.2. The van der Waals surface area contributed by atoms with E-state index in [0.29, 0.717) is 19.4 Å². The number of ether oxygens (including phenoxy) is 2. The van der Waals surface area contributed by atoms with Gasteiger partial charge >= 0.3 is 6.09 Å². The maximum absolute atomic E-state index is 13.8. The van der Waals surface area contributed by atoms with Crippen LogP contribution in [0, 0.1) is 0 Å². The molecule has 2 aliphatic heterocycles. The molecule has 0 spiro atoms. The van der Waals surface area contributed by atoms with E-state index in [-0.39, 0.29) is 43.4 Å². The zero-order chi connectivity index (χ0) is 27.8. The first-order chi connectivity index (χ1) is 18.7. The number of carbonyl (C=O) groups is 3. The molecule has 2 aromatic rings. The van der Waals surface area contributed by atoms with Crippen molar-refractivity contribution in [1.29, 1.82) is 0 Å². The molecule has 0 unspecified atom stereocenters. The third-order valence-corrected chi connectivity index (χ3v) is 6.42. The molecule has 10 nitrogen and oxygen atoms in total. The second-order valence-electron chi connectivity index (χ2n) is 10.7. The predicted octanol–water partition coefficient (Wildman–Crippen LogP) is 3.51. The highest BCUT2D eigenvalue weighted by Crippen LogP contribution is 2.28. The number of carbonyl (C=O) groups excluding carboxylic acids is 3. The molecule has 0 aliphatic carbocycles. The molecule has 2 heterocycles. The van der Waals surface area contributed by atoms with Crippen LogP contribution < -0.4 is 10.6 Å². The lowest BCUT2D eigenvalue weighted by Gasteiger charge is -2.35. The SMILES string of the molecule is CC(C)(C)OC(=O)N[C@H]1CC(=NOCc2ccccc2)OC[C@H]2CC[C@@H](C(=O)NCc3ccccc3)N2C1=O. The molecule has 4 rings (SSSR count). The molecule has 0 saturated carbocycles. The van der Waals surface area contributed by atoms with Crippen LogP contribution >= 0.6 is 0 Å². The molecule has 208 valence electrons. The minimum absolute atomic E-state index is 0.0472. The third-order valence-electron chi connectivity index (χ3n) is 6.42. The molecule has 2 aliphatic rings. The van der Waals surface area contributed by atoms with Gasteiger partial charge in [0.2, 0.25) is 17.7 Å². The van der Waals surface area contributed by atoms with Gasteiger partial charge in [-0.05, 0) is 44.7 Å². The van der Waals surface area contributed by atoms with Crippen LogP contribution in [0.5, 0.6) is 0 Å². The molecular formula is C29H36N4O6. The van der Waals surface area contributed by atoms with E-state index in [1.54, 1.807) is 25.7 Å². The van der Waals surface area contributed by atoms with Gasteiger partial charge in [-0.1, -0.05) is 65.8 Å². The lowest BCUT2D eigenvalue weighted by atomic mass is 10.1. The van der Waals surface area contributed by atoms with E-state index in [2.05, 4.69) is 15.8 Å². The zero-order valence-corrected chi connectivity index (χ0v) is 22.6. The molecule has 10 heteroatoms. The molecule has 39 heavy (non-hydrogen) atoms. The van der Waals surface area contributed by atoms with Crippen molar-refractivity contribution >= 4 is 23.8 Å². The van der Waals surface area contributed by atoms with Gasteiger partial charge in [0.15, 0.2) is 0 Å². The predicted molar refractivity (Wildman–Crippen MR) is 144 cm³/mol. The van der Waals surface area contributed by atoms with Crippen LogP contribution in [-0.2, 0) is 37.1 Å². The fraction of sp³-hybridized carbons (Fsp3) is 0.448. The highest BCUT2D eigenvalue weighted by molar-refractivity contribution is 5.95. The average Bonchev–Trinajstić information content (AvgIpc) is 3.32. The maximum Gasteiger partial charge on any atom is 0.408 e. The quantitative estimate of drug-likeness (QED) is 0.523. The van der Waals surface area contributed by atoms with Crippen LogP contribution in [0.1, 0.15) is 51.2 Å². The van der Waals surface area contributed by atoms with Crippen molar-refractivity contribution in [3.8, 4) is 0 Å². The van der Waals surface area contributed by atoms with Gasteiger partial charge in [0.25, 0.3) is 0 Å². The monoisotopic (exact) mass is 536 g/mol. The van der Waals surface area contributed by atoms with E-state index >= 15 is 0 Å². The van der Waals surface area contributed by atoms with Crippen LogP contribution in [0.2, 0.25) is 0 Å². The molecule has 2 aromatic carbocycles. The van der Waals surface area contributed by atoms with Gasteiger partial charge in [-0.2, -0.15) is 0 Å². The Morgan fingerprint density at radius 3 is 2.36 bits per heavy atom. The summed E-state index contributed by atoms with van der Waals surface area (Å²) in [6, 6.07) is 17.0. The van der Waals surface area contributed by atoms with Crippen molar-refractivity contribution < 1.29 is 28.7 Å². The summed E-state index contributed by atoms with van der Waals surface area (Å²) >= 11 is 0.